The molecule has 0 saturated heterocycles. The van der Waals surface area contributed by atoms with Crippen molar-refractivity contribution in [1.82, 2.24) is 0 Å². The van der Waals surface area contributed by atoms with Gasteiger partial charge in [-0.15, -0.1) is 0 Å². The lowest BCUT2D eigenvalue weighted by Crippen LogP contribution is -2.19. The maximum absolute atomic E-state index is 5.87. The van der Waals surface area contributed by atoms with E-state index in [2.05, 4.69) is 53.0 Å². The Kier molecular flexibility index (Phi) is 6.00. The Bertz CT molecular complexity index is 350. The smallest absolute Gasteiger partial charge is 0.0508 e. The van der Waals surface area contributed by atoms with Crippen molar-refractivity contribution in [2.75, 3.05) is 18.5 Å². The van der Waals surface area contributed by atoms with E-state index in [-0.39, 0.29) is 6.04 Å². The number of rotatable bonds is 6. The van der Waals surface area contributed by atoms with Crippen LogP contribution < -0.4 is 10.6 Å². The molecule has 0 amide bonds. The van der Waals surface area contributed by atoms with Crippen molar-refractivity contribution < 1.29 is 0 Å². The van der Waals surface area contributed by atoms with Crippen LogP contribution in [0.3, 0.4) is 0 Å². The number of hydrogen-bond donors (Lipinski definition) is 1. The highest BCUT2D eigenvalue weighted by Gasteiger charge is 2.07. The van der Waals surface area contributed by atoms with Crippen LogP contribution in [0.15, 0.2) is 22.7 Å². The Morgan fingerprint density at radius 1 is 1.35 bits per heavy atom. The molecular weight excluding hydrogens is 276 g/mol. The van der Waals surface area contributed by atoms with E-state index in [0.29, 0.717) is 0 Å². The number of nitrogens with zero attached hydrogens (tertiary/aromatic N) is 1. The van der Waals surface area contributed by atoms with Crippen LogP contribution in [-0.2, 0) is 0 Å². The molecule has 1 aromatic carbocycles. The molecule has 0 heterocycles. The minimum atomic E-state index is 0.0887. The molecule has 0 aliphatic carbocycles. The van der Waals surface area contributed by atoms with Gasteiger partial charge in [0, 0.05) is 24.1 Å². The standard InChI is InChI=1S/C14H23BrN2/c1-4-5-6-9-17(3)14-8-7-12(11(2)16)10-13(14)15/h7-8,10-11H,4-6,9,16H2,1-3H3/t11-/m1/s1. The van der Waals surface area contributed by atoms with Gasteiger partial charge in [0.2, 0.25) is 0 Å². The molecule has 2 nitrogen and oxygen atoms in total. The summed E-state index contributed by atoms with van der Waals surface area (Å²) in [6.07, 6.45) is 3.80. The molecule has 0 spiro atoms. The van der Waals surface area contributed by atoms with Gasteiger partial charge in [0.25, 0.3) is 0 Å². The summed E-state index contributed by atoms with van der Waals surface area (Å²) < 4.78 is 1.13. The monoisotopic (exact) mass is 298 g/mol. The highest BCUT2D eigenvalue weighted by Crippen LogP contribution is 2.28. The molecule has 0 unspecified atom stereocenters. The lowest BCUT2D eigenvalue weighted by Gasteiger charge is -2.21. The molecule has 0 aliphatic rings. The van der Waals surface area contributed by atoms with Gasteiger partial charge in [-0.2, -0.15) is 0 Å². The normalized spacial score (nSPS) is 12.5. The van der Waals surface area contributed by atoms with Crippen LogP contribution >= 0.6 is 15.9 Å². The molecule has 96 valence electrons. The average Bonchev–Trinajstić information content (AvgIpc) is 2.28. The van der Waals surface area contributed by atoms with Crippen LogP contribution in [0.4, 0.5) is 5.69 Å². The predicted octanol–water partition coefficient (Wildman–Crippen LogP) is 4.10. The molecule has 2 N–H and O–H groups in total. The quantitative estimate of drug-likeness (QED) is 0.801. The van der Waals surface area contributed by atoms with E-state index in [9.17, 15) is 0 Å². The van der Waals surface area contributed by atoms with Gasteiger partial charge < -0.3 is 10.6 Å². The lowest BCUT2D eigenvalue weighted by atomic mass is 10.1. The summed E-state index contributed by atoms with van der Waals surface area (Å²) in [6.45, 7) is 5.34. The Morgan fingerprint density at radius 3 is 2.59 bits per heavy atom. The highest BCUT2D eigenvalue weighted by atomic mass is 79.9. The van der Waals surface area contributed by atoms with Crippen molar-refractivity contribution in [2.45, 2.75) is 39.2 Å². The third-order valence-electron chi connectivity index (χ3n) is 3.01. The SMILES string of the molecule is CCCCCN(C)c1ccc([C@@H](C)N)cc1Br. The molecule has 1 aromatic rings. The maximum atomic E-state index is 5.87. The van der Waals surface area contributed by atoms with Crippen LogP contribution in [0.2, 0.25) is 0 Å². The largest absolute Gasteiger partial charge is 0.374 e. The summed E-state index contributed by atoms with van der Waals surface area (Å²) in [7, 11) is 2.14. The van der Waals surface area contributed by atoms with Crippen molar-refractivity contribution >= 4 is 21.6 Å². The molecule has 0 fully saturated rings. The summed E-state index contributed by atoms with van der Waals surface area (Å²) >= 11 is 3.63. The van der Waals surface area contributed by atoms with Gasteiger partial charge in [0.15, 0.2) is 0 Å². The number of unbranched alkanes of at least 4 members (excludes halogenated alkanes) is 2. The first-order chi connectivity index (χ1) is 8.06. The van der Waals surface area contributed by atoms with E-state index in [0.717, 1.165) is 11.0 Å². The summed E-state index contributed by atoms with van der Waals surface area (Å²) in [5.41, 5.74) is 8.28. The average molecular weight is 299 g/mol. The van der Waals surface area contributed by atoms with E-state index >= 15 is 0 Å². The molecule has 1 rings (SSSR count). The summed E-state index contributed by atoms with van der Waals surface area (Å²) in [5.74, 6) is 0. The molecule has 0 radical (unpaired) electrons. The predicted molar refractivity (Wildman–Crippen MR) is 79.5 cm³/mol. The number of nitrogens with two attached hydrogens (primary N) is 1. The lowest BCUT2D eigenvalue weighted by molar-refractivity contribution is 0.704. The van der Waals surface area contributed by atoms with Crippen LogP contribution in [0, 0.1) is 0 Å². The third kappa shape index (κ3) is 4.32. The first-order valence-corrected chi connectivity index (χ1v) is 7.11. The highest BCUT2D eigenvalue weighted by molar-refractivity contribution is 9.10. The molecular formula is C14H23BrN2. The minimum absolute atomic E-state index is 0.0887. The van der Waals surface area contributed by atoms with Gasteiger partial charge in [0.05, 0.1) is 5.69 Å². The van der Waals surface area contributed by atoms with E-state index in [1.165, 1.54) is 30.5 Å². The van der Waals surface area contributed by atoms with Crippen molar-refractivity contribution in [3.63, 3.8) is 0 Å². The van der Waals surface area contributed by atoms with E-state index in [1.54, 1.807) is 0 Å². The van der Waals surface area contributed by atoms with Crippen LogP contribution in [0.1, 0.15) is 44.7 Å². The van der Waals surface area contributed by atoms with E-state index in [1.807, 2.05) is 6.92 Å². The second-order valence-electron chi connectivity index (χ2n) is 4.63. The van der Waals surface area contributed by atoms with Gasteiger partial charge in [-0.3, -0.25) is 0 Å². The Morgan fingerprint density at radius 2 is 2.06 bits per heavy atom. The fraction of sp³-hybridized carbons (Fsp3) is 0.571. The van der Waals surface area contributed by atoms with Gasteiger partial charge in [-0.25, -0.2) is 0 Å². The molecule has 17 heavy (non-hydrogen) atoms. The molecule has 0 aromatic heterocycles. The second-order valence-corrected chi connectivity index (χ2v) is 5.48. The summed E-state index contributed by atoms with van der Waals surface area (Å²) in [6, 6.07) is 6.47. The number of hydrogen-bond acceptors (Lipinski definition) is 2. The zero-order valence-corrected chi connectivity index (χ0v) is 12.6. The summed E-state index contributed by atoms with van der Waals surface area (Å²) in [5, 5.41) is 0. The fourth-order valence-electron chi connectivity index (χ4n) is 1.84. The Labute approximate surface area is 113 Å². The van der Waals surface area contributed by atoms with E-state index in [4.69, 9.17) is 5.73 Å². The van der Waals surface area contributed by atoms with Gasteiger partial charge in [-0.05, 0) is 47.0 Å². The van der Waals surface area contributed by atoms with Crippen molar-refractivity contribution in [3.8, 4) is 0 Å². The van der Waals surface area contributed by atoms with Crippen molar-refractivity contribution in [3.05, 3.63) is 28.2 Å². The fourth-order valence-corrected chi connectivity index (χ4v) is 2.53. The molecule has 0 aliphatic heterocycles. The zero-order valence-electron chi connectivity index (χ0n) is 11.0. The van der Waals surface area contributed by atoms with Crippen LogP contribution in [0.5, 0.6) is 0 Å². The van der Waals surface area contributed by atoms with Crippen molar-refractivity contribution in [1.29, 1.82) is 0 Å². The topological polar surface area (TPSA) is 29.3 Å². The van der Waals surface area contributed by atoms with E-state index < -0.39 is 0 Å². The molecule has 0 saturated carbocycles. The number of halogens is 1. The van der Waals surface area contributed by atoms with Gasteiger partial charge in [0.1, 0.15) is 0 Å². The first kappa shape index (κ1) is 14.5. The number of anilines is 1. The molecule has 0 bridgehead atoms. The van der Waals surface area contributed by atoms with Crippen LogP contribution in [-0.4, -0.2) is 13.6 Å². The number of benzene rings is 1. The van der Waals surface area contributed by atoms with Gasteiger partial charge in [-0.1, -0.05) is 25.8 Å². The third-order valence-corrected chi connectivity index (χ3v) is 3.64. The Balaban J connectivity index is 2.70. The Hall–Kier alpha value is -0.540. The molecule has 1 atom stereocenters. The summed E-state index contributed by atoms with van der Waals surface area (Å²) in [4.78, 5) is 2.30. The van der Waals surface area contributed by atoms with Crippen LogP contribution in [0.25, 0.3) is 0 Å². The zero-order chi connectivity index (χ0) is 12.8. The van der Waals surface area contributed by atoms with Gasteiger partial charge >= 0.3 is 0 Å². The second kappa shape index (κ2) is 7.02. The minimum Gasteiger partial charge on any atom is -0.374 e. The van der Waals surface area contributed by atoms with Crippen molar-refractivity contribution in [2.24, 2.45) is 5.73 Å². The molecule has 3 heteroatoms. The maximum Gasteiger partial charge on any atom is 0.0508 e. The first-order valence-electron chi connectivity index (χ1n) is 6.32.